The second-order valence-corrected chi connectivity index (χ2v) is 17.7. The minimum atomic E-state index is 0.681. The van der Waals surface area contributed by atoms with Crippen molar-refractivity contribution in [1.82, 2.24) is 0 Å². The zero-order chi connectivity index (χ0) is 35.6. The highest BCUT2D eigenvalue weighted by Crippen LogP contribution is 2.48. The highest BCUT2D eigenvalue weighted by atomic mass is 32.1. The van der Waals surface area contributed by atoms with Crippen molar-refractivity contribution >= 4 is 102 Å². The standard InChI is InChI=1S/C42H26N2O2S6/c1-45-41-29-9-12-32(36-16-18-40(52-36)38-14-8-28(50-38)22-26(24-44)34-6-4-20-48-34)42(46-2)30(29)10-11-31(41)35-15-17-39(51-35)37-13-7-27(49-37)21-25(23-43)33-5-3-19-47-33/h3-22H,1-2H3/b25-21+,26-22+. The molecule has 8 aromatic rings. The third kappa shape index (κ3) is 6.57. The number of fused-ring (bicyclic) bond motifs is 1. The minimum absolute atomic E-state index is 0.681. The van der Waals surface area contributed by atoms with Crippen molar-refractivity contribution in [2.45, 2.75) is 0 Å². The fourth-order valence-electron chi connectivity index (χ4n) is 6.00. The van der Waals surface area contributed by atoms with Gasteiger partial charge in [0.1, 0.15) is 23.6 Å². The first kappa shape index (κ1) is 34.1. The lowest BCUT2D eigenvalue weighted by atomic mass is 10.00. The summed E-state index contributed by atoms with van der Waals surface area (Å²) in [5.74, 6) is 1.62. The second-order valence-electron chi connectivity index (χ2n) is 11.4. The predicted molar refractivity (Wildman–Crippen MR) is 226 cm³/mol. The molecule has 0 aliphatic heterocycles. The SMILES string of the molecule is COc1c(-c2ccc(-c3ccc(/C=C(\C#N)c4cccs4)s3)s2)ccc2c(OC)c(-c3ccc(-c4ccc(/C=C(\C#N)c5cccs5)s4)s3)ccc12. The van der Waals surface area contributed by atoms with Crippen LogP contribution in [0.3, 0.4) is 0 Å². The number of nitrogens with zero attached hydrogens (tertiary/aromatic N) is 2. The Kier molecular flexibility index (Phi) is 9.76. The van der Waals surface area contributed by atoms with Gasteiger partial charge < -0.3 is 9.47 Å². The summed E-state index contributed by atoms with van der Waals surface area (Å²) in [7, 11) is 3.45. The molecule has 6 aromatic heterocycles. The summed E-state index contributed by atoms with van der Waals surface area (Å²) in [4.78, 5) is 10.9. The molecule has 6 heterocycles. The summed E-state index contributed by atoms with van der Waals surface area (Å²) in [6, 6.07) is 38.1. The lowest BCUT2D eigenvalue weighted by Gasteiger charge is -2.15. The Morgan fingerprint density at radius 3 is 1.29 bits per heavy atom. The van der Waals surface area contributed by atoms with E-state index >= 15 is 0 Å². The number of methoxy groups -OCH3 is 2. The first-order valence-electron chi connectivity index (χ1n) is 16.0. The van der Waals surface area contributed by atoms with Crippen molar-refractivity contribution < 1.29 is 9.47 Å². The molecule has 4 nitrogen and oxygen atoms in total. The van der Waals surface area contributed by atoms with Gasteiger partial charge in [0.2, 0.25) is 0 Å². The average Bonchev–Trinajstić information content (AvgIpc) is 4.03. The molecule has 0 N–H and O–H groups in total. The number of allylic oxidation sites excluding steroid dienone is 2. The van der Waals surface area contributed by atoms with Crippen LogP contribution in [0.4, 0.5) is 0 Å². The van der Waals surface area contributed by atoms with Crippen LogP contribution in [0, 0.1) is 22.7 Å². The Labute approximate surface area is 325 Å². The summed E-state index contributed by atoms with van der Waals surface area (Å²) in [6.07, 6.45) is 3.94. The molecule has 52 heavy (non-hydrogen) atoms. The van der Waals surface area contributed by atoms with Gasteiger partial charge in [0.25, 0.3) is 0 Å². The average molecular weight is 783 g/mol. The van der Waals surface area contributed by atoms with E-state index in [4.69, 9.17) is 9.47 Å². The molecule has 0 saturated heterocycles. The maximum atomic E-state index is 9.71. The van der Waals surface area contributed by atoms with E-state index < -0.39 is 0 Å². The maximum absolute atomic E-state index is 9.71. The number of thiophene rings is 6. The zero-order valence-corrected chi connectivity index (χ0v) is 32.6. The third-order valence-corrected chi connectivity index (χ3v) is 14.9. The highest BCUT2D eigenvalue weighted by Gasteiger charge is 2.19. The number of benzene rings is 2. The fourth-order valence-corrected chi connectivity index (χ4v) is 11.5. The molecule has 0 aliphatic carbocycles. The molecule has 10 heteroatoms. The van der Waals surface area contributed by atoms with Gasteiger partial charge >= 0.3 is 0 Å². The van der Waals surface area contributed by atoms with Gasteiger partial charge in [-0.05, 0) is 108 Å². The van der Waals surface area contributed by atoms with Gasteiger partial charge in [0.05, 0.1) is 25.4 Å². The van der Waals surface area contributed by atoms with Crippen LogP contribution in [0.25, 0.3) is 74.5 Å². The molecule has 0 unspecified atom stereocenters. The van der Waals surface area contributed by atoms with Crippen LogP contribution in [-0.2, 0) is 0 Å². The number of nitriles is 2. The summed E-state index contributed by atoms with van der Waals surface area (Å²) in [6.45, 7) is 0. The molecule has 252 valence electrons. The summed E-state index contributed by atoms with van der Waals surface area (Å²) in [5, 5.41) is 25.4. The Balaban J connectivity index is 1.08. The van der Waals surface area contributed by atoms with Gasteiger partial charge in [-0.25, -0.2) is 0 Å². The summed E-state index contributed by atoms with van der Waals surface area (Å²) in [5.41, 5.74) is 3.42. The Morgan fingerprint density at radius 2 is 0.904 bits per heavy atom. The molecule has 0 atom stereocenters. The van der Waals surface area contributed by atoms with Crippen LogP contribution >= 0.6 is 68.0 Å². The van der Waals surface area contributed by atoms with E-state index in [0.29, 0.717) is 11.1 Å². The van der Waals surface area contributed by atoms with Crippen LogP contribution in [0.5, 0.6) is 11.5 Å². The maximum Gasteiger partial charge on any atom is 0.135 e. The molecule has 0 amide bonds. The van der Waals surface area contributed by atoms with Crippen LogP contribution in [0.1, 0.15) is 19.5 Å². The Hall–Kier alpha value is -5.04. The normalized spacial score (nSPS) is 11.8. The van der Waals surface area contributed by atoms with E-state index in [1.165, 1.54) is 9.75 Å². The van der Waals surface area contributed by atoms with Gasteiger partial charge in [-0.1, -0.05) is 12.1 Å². The monoisotopic (exact) mass is 782 g/mol. The molecule has 8 rings (SSSR count). The third-order valence-electron chi connectivity index (χ3n) is 8.38. The number of hydrogen-bond donors (Lipinski definition) is 0. The van der Waals surface area contributed by atoms with Gasteiger partial charge in [0.15, 0.2) is 0 Å². The zero-order valence-electron chi connectivity index (χ0n) is 27.7. The van der Waals surface area contributed by atoms with E-state index in [-0.39, 0.29) is 0 Å². The molecular formula is C42H26N2O2S6. The molecule has 0 aliphatic rings. The number of hydrogen-bond acceptors (Lipinski definition) is 10. The quantitative estimate of drug-likeness (QED) is 0.130. The van der Waals surface area contributed by atoms with E-state index in [1.54, 1.807) is 82.2 Å². The van der Waals surface area contributed by atoms with Crippen molar-refractivity contribution in [3.05, 3.63) is 127 Å². The van der Waals surface area contributed by atoms with Crippen LogP contribution < -0.4 is 9.47 Å². The van der Waals surface area contributed by atoms with Crippen molar-refractivity contribution in [2.75, 3.05) is 14.2 Å². The summed E-state index contributed by atoms with van der Waals surface area (Å²) >= 11 is 9.97. The predicted octanol–water partition coefficient (Wildman–Crippen LogP) is 14.0. The lowest BCUT2D eigenvalue weighted by molar-refractivity contribution is 0.417. The second kappa shape index (κ2) is 14.9. The van der Waals surface area contributed by atoms with Gasteiger partial charge in [0, 0.05) is 70.7 Å². The molecule has 0 saturated carbocycles. The molecule has 0 spiro atoms. The van der Waals surface area contributed by atoms with Gasteiger partial charge in [-0.2, -0.15) is 10.5 Å². The lowest BCUT2D eigenvalue weighted by Crippen LogP contribution is -1.93. The minimum Gasteiger partial charge on any atom is -0.495 e. The van der Waals surface area contributed by atoms with Gasteiger partial charge in [-0.15, -0.1) is 68.0 Å². The molecule has 0 radical (unpaired) electrons. The van der Waals surface area contributed by atoms with Crippen LogP contribution in [-0.4, -0.2) is 14.2 Å². The van der Waals surface area contributed by atoms with Gasteiger partial charge in [-0.3, -0.25) is 0 Å². The first-order valence-corrected chi connectivity index (χ1v) is 21.0. The molecular weight excluding hydrogens is 757 g/mol. The largest absolute Gasteiger partial charge is 0.495 e. The Bertz CT molecular complexity index is 2500. The molecule has 0 bridgehead atoms. The van der Waals surface area contributed by atoms with E-state index in [0.717, 1.165) is 72.4 Å². The molecule has 2 aromatic carbocycles. The highest BCUT2D eigenvalue weighted by molar-refractivity contribution is 7.25. The van der Waals surface area contributed by atoms with Crippen LogP contribution in [0.2, 0.25) is 0 Å². The van der Waals surface area contributed by atoms with Crippen molar-refractivity contribution in [1.29, 1.82) is 10.5 Å². The van der Waals surface area contributed by atoms with Crippen molar-refractivity contribution in [3.63, 3.8) is 0 Å². The van der Waals surface area contributed by atoms with Crippen LogP contribution in [0.15, 0.2) is 108 Å². The number of ether oxygens (including phenoxy) is 2. The number of rotatable bonds is 10. The van der Waals surface area contributed by atoms with E-state index in [1.807, 2.05) is 47.2 Å². The van der Waals surface area contributed by atoms with E-state index in [9.17, 15) is 10.5 Å². The molecule has 0 fully saturated rings. The Morgan fingerprint density at radius 1 is 0.500 bits per heavy atom. The smallest absolute Gasteiger partial charge is 0.135 e. The van der Waals surface area contributed by atoms with Crippen molar-refractivity contribution in [3.8, 4) is 64.0 Å². The topological polar surface area (TPSA) is 66.0 Å². The first-order chi connectivity index (χ1) is 25.6. The summed E-state index contributed by atoms with van der Waals surface area (Å²) < 4.78 is 12.2. The van der Waals surface area contributed by atoms with Crippen molar-refractivity contribution in [2.24, 2.45) is 0 Å². The fraction of sp³-hybridized carbons (Fsp3) is 0.0476. The van der Waals surface area contributed by atoms with E-state index in [2.05, 4.69) is 84.9 Å².